The van der Waals surface area contributed by atoms with Crippen molar-refractivity contribution in [1.82, 2.24) is 0 Å². The first-order chi connectivity index (χ1) is 8.19. The van der Waals surface area contributed by atoms with E-state index in [2.05, 4.69) is 32.0 Å². The molecule has 0 radical (unpaired) electrons. The summed E-state index contributed by atoms with van der Waals surface area (Å²) in [6.45, 7) is 5.15. The van der Waals surface area contributed by atoms with Gasteiger partial charge < -0.3 is 10.5 Å². The fourth-order valence-corrected chi connectivity index (χ4v) is 1.91. The summed E-state index contributed by atoms with van der Waals surface area (Å²) in [5.41, 5.74) is 8.63. The van der Waals surface area contributed by atoms with E-state index in [0.717, 1.165) is 31.1 Å². The first-order valence-corrected chi connectivity index (χ1v) is 6.67. The molecule has 1 aliphatic rings. The van der Waals surface area contributed by atoms with Crippen molar-refractivity contribution in [2.24, 2.45) is 11.7 Å². The maximum Gasteiger partial charge on any atom is 0.119 e. The Hall–Kier alpha value is -1.02. The van der Waals surface area contributed by atoms with E-state index >= 15 is 0 Å². The predicted octanol–water partition coefficient (Wildman–Crippen LogP) is 3.06. The van der Waals surface area contributed by atoms with E-state index in [1.54, 1.807) is 0 Å². The van der Waals surface area contributed by atoms with Crippen LogP contribution in [0.1, 0.15) is 37.3 Å². The number of nitrogens with two attached hydrogens (primary N) is 1. The van der Waals surface area contributed by atoms with Gasteiger partial charge in [-0.25, -0.2) is 0 Å². The van der Waals surface area contributed by atoms with Crippen LogP contribution in [0.5, 0.6) is 5.75 Å². The Kier molecular flexibility index (Phi) is 4.06. The van der Waals surface area contributed by atoms with Crippen LogP contribution in [-0.4, -0.2) is 12.6 Å². The topological polar surface area (TPSA) is 35.2 Å². The highest BCUT2D eigenvalue weighted by Gasteiger charge is 2.21. The molecule has 0 aliphatic heterocycles. The van der Waals surface area contributed by atoms with Crippen LogP contribution in [0.15, 0.2) is 18.2 Å². The molecule has 2 rings (SSSR count). The minimum atomic E-state index is 0.270. The summed E-state index contributed by atoms with van der Waals surface area (Å²) in [6, 6.07) is 6.65. The molecule has 0 heterocycles. The minimum Gasteiger partial charge on any atom is -0.493 e. The average molecular weight is 233 g/mol. The van der Waals surface area contributed by atoms with Crippen molar-refractivity contribution in [3.63, 3.8) is 0 Å². The number of hydrogen-bond acceptors (Lipinski definition) is 2. The van der Waals surface area contributed by atoms with Gasteiger partial charge in [-0.1, -0.05) is 13.0 Å². The van der Waals surface area contributed by atoms with E-state index in [-0.39, 0.29) is 6.04 Å². The number of hydrogen-bond donors (Lipinski definition) is 1. The molecule has 1 aromatic rings. The summed E-state index contributed by atoms with van der Waals surface area (Å²) in [5.74, 6) is 1.81. The van der Waals surface area contributed by atoms with Crippen molar-refractivity contribution in [3.8, 4) is 5.75 Å². The van der Waals surface area contributed by atoms with E-state index in [0.29, 0.717) is 0 Å². The monoisotopic (exact) mass is 233 g/mol. The lowest BCUT2D eigenvalue weighted by Crippen LogP contribution is -2.21. The molecule has 1 fully saturated rings. The van der Waals surface area contributed by atoms with Gasteiger partial charge in [0.1, 0.15) is 5.75 Å². The van der Waals surface area contributed by atoms with Gasteiger partial charge in [0.15, 0.2) is 0 Å². The highest BCUT2D eigenvalue weighted by Crippen LogP contribution is 2.30. The van der Waals surface area contributed by atoms with Crippen LogP contribution in [0.3, 0.4) is 0 Å². The predicted molar refractivity (Wildman–Crippen MR) is 71.4 cm³/mol. The van der Waals surface area contributed by atoms with Gasteiger partial charge in [0.05, 0.1) is 6.61 Å². The lowest BCUT2D eigenvalue weighted by molar-refractivity contribution is 0.299. The van der Waals surface area contributed by atoms with Gasteiger partial charge in [-0.2, -0.15) is 0 Å². The van der Waals surface area contributed by atoms with Crippen LogP contribution < -0.4 is 10.5 Å². The van der Waals surface area contributed by atoms with Gasteiger partial charge in [-0.05, 0) is 61.8 Å². The van der Waals surface area contributed by atoms with Crippen molar-refractivity contribution in [2.75, 3.05) is 6.61 Å². The second kappa shape index (κ2) is 5.54. The summed E-state index contributed by atoms with van der Waals surface area (Å²) in [6.07, 6.45) is 4.66. The third-order valence-corrected chi connectivity index (χ3v) is 3.50. The molecule has 0 aromatic heterocycles. The summed E-state index contributed by atoms with van der Waals surface area (Å²) < 4.78 is 5.77. The highest BCUT2D eigenvalue weighted by atomic mass is 16.5. The smallest absolute Gasteiger partial charge is 0.119 e. The first-order valence-electron chi connectivity index (χ1n) is 6.67. The molecule has 0 saturated heterocycles. The quantitative estimate of drug-likeness (QED) is 0.819. The molecule has 0 bridgehead atoms. The molecule has 2 N–H and O–H groups in total. The third kappa shape index (κ3) is 3.74. The van der Waals surface area contributed by atoms with Crippen molar-refractivity contribution in [3.05, 3.63) is 29.3 Å². The molecule has 1 saturated carbocycles. The van der Waals surface area contributed by atoms with Crippen molar-refractivity contribution < 1.29 is 4.74 Å². The van der Waals surface area contributed by atoms with E-state index in [4.69, 9.17) is 10.5 Å². The van der Waals surface area contributed by atoms with Crippen LogP contribution in [0.25, 0.3) is 0 Å². The Labute approximate surface area is 104 Å². The van der Waals surface area contributed by atoms with E-state index in [9.17, 15) is 0 Å². The molecule has 1 unspecified atom stereocenters. The minimum absolute atomic E-state index is 0.270. The van der Waals surface area contributed by atoms with Crippen molar-refractivity contribution >= 4 is 0 Å². The number of benzene rings is 1. The largest absolute Gasteiger partial charge is 0.493 e. The summed E-state index contributed by atoms with van der Waals surface area (Å²) in [5, 5.41) is 0. The molecular formula is C15H23NO. The molecule has 0 spiro atoms. The lowest BCUT2D eigenvalue weighted by Gasteiger charge is -2.13. The Morgan fingerprint density at radius 2 is 2.18 bits per heavy atom. The van der Waals surface area contributed by atoms with Crippen LogP contribution >= 0.6 is 0 Å². The maximum atomic E-state index is 5.99. The molecule has 2 heteroatoms. The zero-order valence-electron chi connectivity index (χ0n) is 10.9. The second-order valence-corrected chi connectivity index (χ2v) is 5.22. The van der Waals surface area contributed by atoms with Crippen LogP contribution in [0, 0.1) is 12.8 Å². The first kappa shape index (κ1) is 12.4. The number of ether oxygens (including phenoxy) is 1. The molecule has 2 nitrogen and oxygen atoms in total. The Bertz CT molecular complexity index is 371. The fraction of sp³-hybridized carbons (Fsp3) is 0.600. The van der Waals surface area contributed by atoms with Crippen LogP contribution in [0.2, 0.25) is 0 Å². The Morgan fingerprint density at radius 1 is 1.41 bits per heavy atom. The summed E-state index contributed by atoms with van der Waals surface area (Å²) in [4.78, 5) is 0. The molecule has 0 amide bonds. The van der Waals surface area contributed by atoms with Gasteiger partial charge in [-0.3, -0.25) is 0 Å². The molecule has 1 atom stereocenters. The van der Waals surface area contributed by atoms with E-state index in [1.165, 1.54) is 24.0 Å². The zero-order valence-corrected chi connectivity index (χ0v) is 10.9. The fourth-order valence-electron chi connectivity index (χ4n) is 1.91. The van der Waals surface area contributed by atoms with Gasteiger partial charge in [0.2, 0.25) is 0 Å². The van der Waals surface area contributed by atoms with Crippen molar-refractivity contribution in [1.29, 1.82) is 0 Å². The molecule has 17 heavy (non-hydrogen) atoms. The number of rotatable bonds is 6. The van der Waals surface area contributed by atoms with Crippen LogP contribution in [-0.2, 0) is 6.42 Å². The van der Waals surface area contributed by atoms with Gasteiger partial charge >= 0.3 is 0 Å². The average Bonchev–Trinajstić information content (AvgIpc) is 3.13. The summed E-state index contributed by atoms with van der Waals surface area (Å²) >= 11 is 0. The number of aryl methyl sites for hydroxylation is 1. The SMILES string of the molecule is CCC(N)Cc1ccc(OCC2CC2)cc1C. The Balaban J connectivity index is 1.94. The van der Waals surface area contributed by atoms with Gasteiger partial charge in [0, 0.05) is 6.04 Å². The second-order valence-electron chi connectivity index (χ2n) is 5.22. The molecule has 1 aromatic carbocycles. The normalized spacial score (nSPS) is 16.9. The summed E-state index contributed by atoms with van der Waals surface area (Å²) in [7, 11) is 0. The lowest BCUT2D eigenvalue weighted by atomic mass is 10.00. The third-order valence-electron chi connectivity index (χ3n) is 3.50. The highest BCUT2D eigenvalue weighted by molar-refractivity contribution is 5.35. The Morgan fingerprint density at radius 3 is 2.76 bits per heavy atom. The molecule has 1 aliphatic carbocycles. The molecule has 94 valence electrons. The zero-order chi connectivity index (χ0) is 12.3. The maximum absolute atomic E-state index is 5.99. The van der Waals surface area contributed by atoms with Gasteiger partial charge in [0.25, 0.3) is 0 Å². The van der Waals surface area contributed by atoms with E-state index < -0.39 is 0 Å². The van der Waals surface area contributed by atoms with Crippen molar-refractivity contribution in [2.45, 2.75) is 45.6 Å². The van der Waals surface area contributed by atoms with E-state index in [1.807, 2.05) is 0 Å². The molecular weight excluding hydrogens is 210 g/mol. The standard InChI is InChI=1S/C15H23NO/c1-3-14(16)9-13-6-7-15(8-11(13)2)17-10-12-4-5-12/h6-8,12,14H,3-5,9-10,16H2,1-2H3. The van der Waals surface area contributed by atoms with Crippen LogP contribution in [0.4, 0.5) is 0 Å². The van der Waals surface area contributed by atoms with Gasteiger partial charge in [-0.15, -0.1) is 0 Å².